The number of hydrogen-bond acceptors (Lipinski definition) is 7. The molecule has 0 radical (unpaired) electrons. The molecular weight excluding hydrogens is 482 g/mol. The predicted molar refractivity (Wildman–Crippen MR) is 144 cm³/mol. The van der Waals surface area contributed by atoms with E-state index in [9.17, 15) is 4.79 Å². The molecule has 1 amide bonds. The number of nitrogens with zero attached hydrogens (tertiary/aromatic N) is 6. The van der Waals surface area contributed by atoms with Crippen LogP contribution in [0.2, 0.25) is 0 Å². The lowest BCUT2D eigenvalue weighted by molar-refractivity contribution is 0.0751. The van der Waals surface area contributed by atoms with Crippen molar-refractivity contribution in [1.29, 1.82) is 0 Å². The number of imidazole rings is 1. The van der Waals surface area contributed by atoms with Crippen LogP contribution in [-0.2, 0) is 18.4 Å². The molecule has 2 aliphatic carbocycles. The fourth-order valence-electron chi connectivity index (χ4n) is 6.36. The number of aromatic nitrogens is 4. The molecule has 10 nitrogen and oxygen atoms in total. The molecule has 0 unspecified atom stereocenters. The molecule has 1 aromatic carbocycles. The Morgan fingerprint density at radius 2 is 2.08 bits per heavy atom. The smallest absolute Gasteiger partial charge is 0.254 e. The summed E-state index contributed by atoms with van der Waals surface area (Å²) in [6, 6.07) is 9.49. The highest BCUT2D eigenvalue weighted by Crippen LogP contribution is 2.39. The van der Waals surface area contributed by atoms with Crippen molar-refractivity contribution in [3.8, 4) is 17.3 Å². The van der Waals surface area contributed by atoms with Crippen LogP contribution < -0.4 is 10.5 Å². The van der Waals surface area contributed by atoms with Gasteiger partial charge in [-0.3, -0.25) is 4.79 Å². The van der Waals surface area contributed by atoms with Crippen molar-refractivity contribution in [2.24, 2.45) is 29.8 Å². The van der Waals surface area contributed by atoms with E-state index in [4.69, 9.17) is 20.3 Å². The molecule has 3 aliphatic rings. The maximum Gasteiger partial charge on any atom is 0.254 e. The van der Waals surface area contributed by atoms with E-state index < -0.39 is 0 Å². The van der Waals surface area contributed by atoms with Crippen LogP contribution in [-0.4, -0.2) is 68.5 Å². The Kier molecular flexibility index (Phi) is 5.23. The fourth-order valence-corrected chi connectivity index (χ4v) is 6.36. The van der Waals surface area contributed by atoms with E-state index in [0.29, 0.717) is 29.3 Å². The van der Waals surface area contributed by atoms with Gasteiger partial charge in [0.15, 0.2) is 5.82 Å². The Morgan fingerprint density at radius 1 is 1.24 bits per heavy atom. The van der Waals surface area contributed by atoms with Crippen molar-refractivity contribution >= 4 is 33.7 Å². The third-order valence-corrected chi connectivity index (χ3v) is 8.38. The molecule has 0 spiro atoms. The molecule has 3 fully saturated rings. The first-order valence-corrected chi connectivity index (χ1v) is 13.1. The highest BCUT2D eigenvalue weighted by atomic mass is 16.6. The van der Waals surface area contributed by atoms with Gasteiger partial charge in [-0.2, -0.15) is 0 Å². The number of amides is 1. The standard InChI is InChI=1S/C28H31N7O3/c1-33-24-19(31-27(33)21-11-16-5-4-8-30-26(16)34(21)13-15-6-7-15)9-17(12-22(24)37-2)28(36)35-14-18-10-20(32-38-3)25(35)23(18)29/h4-5,8-9,11-12,15,18,23,25H,6-7,10,13-14,29H2,1-3H3/b32-20+/t18-,23-,25-/m1/s1. The van der Waals surface area contributed by atoms with Crippen LogP contribution in [0.4, 0.5) is 0 Å². The number of aryl methyl sites for hydroxylation is 1. The predicted octanol–water partition coefficient (Wildman–Crippen LogP) is 3.18. The van der Waals surface area contributed by atoms with E-state index in [0.717, 1.165) is 46.7 Å². The number of piperidine rings is 1. The first kappa shape index (κ1) is 23.2. The zero-order valence-corrected chi connectivity index (χ0v) is 21.8. The van der Waals surface area contributed by atoms with Gasteiger partial charge >= 0.3 is 0 Å². The lowest BCUT2D eigenvalue weighted by atomic mass is 10.1. The van der Waals surface area contributed by atoms with Gasteiger partial charge in [0.25, 0.3) is 5.91 Å². The Balaban J connectivity index is 1.32. The first-order chi connectivity index (χ1) is 18.5. The Morgan fingerprint density at radius 3 is 2.82 bits per heavy atom. The van der Waals surface area contributed by atoms with Crippen LogP contribution in [0.1, 0.15) is 29.6 Å². The monoisotopic (exact) mass is 513 g/mol. The second-order valence-electron chi connectivity index (χ2n) is 10.7. The summed E-state index contributed by atoms with van der Waals surface area (Å²) in [5, 5.41) is 5.25. The second-order valence-corrected chi connectivity index (χ2v) is 10.7. The van der Waals surface area contributed by atoms with E-state index >= 15 is 0 Å². The fraction of sp³-hybridized carbons (Fsp3) is 0.429. The summed E-state index contributed by atoms with van der Waals surface area (Å²) in [6.07, 6.45) is 5.09. The number of pyridine rings is 1. The molecule has 4 aromatic rings. The van der Waals surface area contributed by atoms with Crippen molar-refractivity contribution in [2.45, 2.75) is 37.9 Å². The molecule has 38 heavy (non-hydrogen) atoms. The molecule has 1 saturated heterocycles. The number of fused-ring (bicyclic) bond motifs is 4. The van der Waals surface area contributed by atoms with Crippen molar-refractivity contribution < 1.29 is 14.4 Å². The number of rotatable bonds is 6. The van der Waals surface area contributed by atoms with Gasteiger partial charge in [0.2, 0.25) is 0 Å². The van der Waals surface area contributed by atoms with Gasteiger partial charge in [0, 0.05) is 43.3 Å². The average molecular weight is 514 g/mol. The molecule has 3 aromatic heterocycles. The Bertz CT molecular complexity index is 1620. The van der Waals surface area contributed by atoms with Crippen molar-refractivity contribution in [1.82, 2.24) is 24.0 Å². The number of carbonyl (C=O) groups is 1. The average Bonchev–Trinajstić information content (AvgIpc) is 3.36. The van der Waals surface area contributed by atoms with Crippen LogP contribution >= 0.6 is 0 Å². The number of nitrogens with two attached hydrogens (primary N) is 1. The summed E-state index contributed by atoms with van der Waals surface area (Å²) in [4.78, 5) is 30.3. The number of likely N-dealkylation sites (tertiary alicyclic amines) is 1. The number of hydrogen-bond donors (Lipinski definition) is 1. The number of benzene rings is 1. The zero-order valence-electron chi connectivity index (χ0n) is 21.8. The molecule has 4 heterocycles. The minimum atomic E-state index is -0.251. The van der Waals surface area contributed by atoms with Gasteiger partial charge in [-0.1, -0.05) is 5.16 Å². The maximum absolute atomic E-state index is 13.8. The van der Waals surface area contributed by atoms with Crippen LogP contribution in [0.3, 0.4) is 0 Å². The normalized spacial score (nSPS) is 23.7. The molecule has 7 rings (SSSR count). The molecule has 3 atom stereocenters. The number of methoxy groups -OCH3 is 1. The molecule has 2 N–H and O–H groups in total. The molecule has 1 aliphatic heterocycles. The van der Waals surface area contributed by atoms with E-state index in [1.54, 1.807) is 7.11 Å². The van der Waals surface area contributed by atoms with Crippen molar-refractivity contribution in [3.05, 3.63) is 42.1 Å². The van der Waals surface area contributed by atoms with Gasteiger partial charge in [-0.15, -0.1) is 0 Å². The Hall–Kier alpha value is -3.92. The SMILES string of the molecule is CO/N=C1\C[C@@H]2CN(C(=O)c3cc(OC)c4c(c3)nc(-c3cc5cccnc5n3CC3CC3)n4C)[C@H]1[C@@H]2N. The molecule has 2 saturated carbocycles. The van der Waals surface area contributed by atoms with E-state index in [2.05, 4.69) is 31.4 Å². The van der Waals surface area contributed by atoms with Crippen LogP contribution in [0.5, 0.6) is 5.75 Å². The van der Waals surface area contributed by atoms with E-state index in [1.165, 1.54) is 20.0 Å². The topological polar surface area (TPSA) is 113 Å². The molecule has 196 valence electrons. The summed E-state index contributed by atoms with van der Waals surface area (Å²) in [6.45, 7) is 1.53. The van der Waals surface area contributed by atoms with Gasteiger partial charge in [-0.05, 0) is 61.4 Å². The summed E-state index contributed by atoms with van der Waals surface area (Å²) in [5.41, 5.74) is 11.3. The summed E-state index contributed by atoms with van der Waals surface area (Å²) < 4.78 is 10.1. The highest BCUT2D eigenvalue weighted by molar-refractivity contribution is 6.04. The van der Waals surface area contributed by atoms with Crippen LogP contribution in [0.15, 0.2) is 41.7 Å². The zero-order chi connectivity index (χ0) is 26.1. The second kappa shape index (κ2) is 8.56. The number of oxime groups is 1. The minimum absolute atomic E-state index is 0.101. The van der Waals surface area contributed by atoms with Gasteiger partial charge < -0.3 is 29.3 Å². The lowest BCUT2D eigenvalue weighted by Gasteiger charge is -2.28. The maximum atomic E-state index is 13.8. The summed E-state index contributed by atoms with van der Waals surface area (Å²) in [5.74, 6) is 2.18. The van der Waals surface area contributed by atoms with Gasteiger partial charge in [0.1, 0.15) is 24.0 Å². The van der Waals surface area contributed by atoms with E-state index in [-0.39, 0.29) is 23.9 Å². The van der Waals surface area contributed by atoms with Gasteiger partial charge in [0.05, 0.1) is 30.1 Å². The molecule has 2 bridgehead atoms. The lowest BCUT2D eigenvalue weighted by Crippen LogP contribution is -2.46. The van der Waals surface area contributed by atoms with Crippen molar-refractivity contribution in [2.75, 3.05) is 20.8 Å². The summed E-state index contributed by atoms with van der Waals surface area (Å²) in [7, 11) is 5.14. The third kappa shape index (κ3) is 3.43. The largest absolute Gasteiger partial charge is 0.494 e. The number of ether oxygens (including phenoxy) is 1. The minimum Gasteiger partial charge on any atom is -0.494 e. The highest BCUT2D eigenvalue weighted by Gasteiger charge is 2.51. The number of carbonyl (C=O) groups excluding carboxylic acids is 1. The quantitative estimate of drug-likeness (QED) is 0.396. The Labute approximate surface area is 220 Å². The summed E-state index contributed by atoms with van der Waals surface area (Å²) >= 11 is 0. The van der Waals surface area contributed by atoms with Crippen LogP contribution in [0, 0.1) is 11.8 Å². The van der Waals surface area contributed by atoms with Crippen LogP contribution in [0.25, 0.3) is 33.6 Å². The van der Waals surface area contributed by atoms with Gasteiger partial charge in [-0.25, -0.2) is 9.97 Å². The molecule has 10 heteroatoms. The van der Waals surface area contributed by atoms with Crippen molar-refractivity contribution in [3.63, 3.8) is 0 Å². The van der Waals surface area contributed by atoms with E-state index in [1.807, 2.05) is 36.3 Å². The third-order valence-electron chi connectivity index (χ3n) is 8.38. The first-order valence-electron chi connectivity index (χ1n) is 13.1. The molecular formula is C28H31N7O3.